The van der Waals surface area contributed by atoms with E-state index in [2.05, 4.69) is 0 Å². The van der Waals surface area contributed by atoms with Gasteiger partial charge in [0.2, 0.25) is 0 Å². The molecule has 0 unspecified atom stereocenters. The molecule has 2 aromatic rings. The van der Waals surface area contributed by atoms with E-state index in [0.29, 0.717) is 12.2 Å². The molecule has 1 heterocycles. The first-order valence-electron chi connectivity index (χ1n) is 4.78. The van der Waals surface area contributed by atoms with Crippen LogP contribution in [0.25, 0.3) is 0 Å². The molecule has 0 aliphatic heterocycles. The van der Waals surface area contributed by atoms with Crippen LogP contribution in [0.5, 0.6) is 0 Å². The molecule has 82 valence electrons. The van der Waals surface area contributed by atoms with Crippen LogP contribution in [0.2, 0.25) is 0 Å². The molecule has 0 saturated heterocycles. The number of nitrogens with two attached hydrogens (primary N) is 1. The molecule has 0 aliphatic rings. The van der Waals surface area contributed by atoms with Gasteiger partial charge in [-0.25, -0.2) is 4.39 Å². The summed E-state index contributed by atoms with van der Waals surface area (Å²) in [5, 5.41) is 0. The van der Waals surface area contributed by atoms with E-state index >= 15 is 0 Å². The molecule has 2 N–H and O–H groups in total. The number of carbonyl (C=O) groups excluding carboxylic acids is 1. The number of rotatable bonds is 3. The normalized spacial score (nSPS) is 10.3. The van der Waals surface area contributed by atoms with Crippen molar-refractivity contribution in [2.24, 2.45) is 5.73 Å². The van der Waals surface area contributed by atoms with E-state index in [4.69, 9.17) is 10.2 Å². The highest BCUT2D eigenvalue weighted by Crippen LogP contribution is 2.13. The van der Waals surface area contributed by atoms with Gasteiger partial charge in [0.15, 0.2) is 5.76 Å². The number of benzene rings is 1. The Kier molecular flexibility index (Phi) is 2.72. The fraction of sp³-hybridized carbons (Fsp3) is 0.0833. The molecule has 0 saturated carbocycles. The van der Waals surface area contributed by atoms with Gasteiger partial charge in [0.05, 0.1) is 0 Å². The Morgan fingerprint density at radius 1 is 1.31 bits per heavy atom. The fourth-order valence-corrected chi connectivity index (χ4v) is 1.45. The molecule has 1 aromatic heterocycles. The van der Waals surface area contributed by atoms with Crippen LogP contribution >= 0.6 is 0 Å². The third-order valence-electron chi connectivity index (χ3n) is 2.17. The number of hydrogen-bond acceptors (Lipinski definition) is 2. The summed E-state index contributed by atoms with van der Waals surface area (Å²) >= 11 is 0. The first-order valence-corrected chi connectivity index (χ1v) is 4.78. The highest BCUT2D eigenvalue weighted by molar-refractivity contribution is 5.89. The lowest BCUT2D eigenvalue weighted by molar-refractivity contribution is 0.0972. The minimum atomic E-state index is -0.606. The lowest BCUT2D eigenvalue weighted by Gasteiger charge is -1.98. The van der Waals surface area contributed by atoms with Gasteiger partial charge in [-0.3, -0.25) is 4.79 Å². The maximum absolute atomic E-state index is 12.9. The zero-order valence-corrected chi connectivity index (χ0v) is 8.44. The van der Waals surface area contributed by atoms with E-state index < -0.39 is 5.91 Å². The van der Waals surface area contributed by atoms with E-state index in [9.17, 15) is 9.18 Å². The van der Waals surface area contributed by atoms with Gasteiger partial charge in [0, 0.05) is 6.42 Å². The molecule has 0 atom stereocenters. The highest BCUT2D eigenvalue weighted by atomic mass is 19.1. The summed E-state index contributed by atoms with van der Waals surface area (Å²) in [7, 11) is 0. The Labute approximate surface area is 91.7 Å². The summed E-state index contributed by atoms with van der Waals surface area (Å²) in [6.45, 7) is 0. The van der Waals surface area contributed by atoms with Crippen molar-refractivity contribution in [1.29, 1.82) is 0 Å². The smallest absolute Gasteiger partial charge is 0.284 e. The molecule has 0 fully saturated rings. The predicted octanol–water partition coefficient (Wildman–Crippen LogP) is 2.11. The van der Waals surface area contributed by atoms with Crippen LogP contribution in [0, 0.1) is 5.82 Å². The van der Waals surface area contributed by atoms with Crippen molar-refractivity contribution in [2.75, 3.05) is 0 Å². The van der Waals surface area contributed by atoms with Crippen LogP contribution in [0.15, 0.2) is 40.8 Å². The second-order valence-electron chi connectivity index (χ2n) is 3.44. The quantitative estimate of drug-likeness (QED) is 0.859. The monoisotopic (exact) mass is 219 g/mol. The summed E-state index contributed by atoms with van der Waals surface area (Å²) < 4.78 is 18.1. The van der Waals surface area contributed by atoms with E-state index in [1.165, 1.54) is 18.2 Å². The molecule has 0 radical (unpaired) electrons. The molecule has 0 bridgehead atoms. The Balaban J connectivity index is 2.17. The molecular weight excluding hydrogens is 209 g/mol. The average Bonchev–Trinajstić information content (AvgIpc) is 2.66. The lowest BCUT2D eigenvalue weighted by Crippen LogP contribution is -2.09. The zero-order valence-electron chi connectivity index (χ0n) is 8.44. The number of hydrogen-bond donors (Lipinski definition) is 1. The van der Waals surface area contributed by atoms with Gasteiger partial charge in [0.1, 0.15) is 11.6 Å². The van der Waals surface area contributed by atoms with Gasteiger partial charge in [0.25, 0.3) is 5.91 Å². The van der Waals surface area contributed by atoms with Gasteiger partial charge in [-0.05, 0) is 29.8 Å². The van der Waals surface area contributed by atoms with Gasteiger partial charge in [-0.15, -0.1) is 0 Å². The minimum Gasteiger partial charge on any atom is -0.456 e. The number of halogens is 1. The fourth-order valence-electron chi connectivity index (χ4n) is 1.45. The van der Waals surface area contributed by atoms with Crippen molar-refractivity contribution in [3.63, 3.8) is 0 Å². The Bertz CT molecular complexity index is 519. The number of amides is 1. The van der Waals surface area contributed by atoms with Crippen molar-refractivity contribution in [3.05, 3.63) is 59.3 Å². The number of carbonyl (C=O) groups is 1. The van der Waals surface area contributed by atoms with Crippen LogP contribution in [0.1, 0.15) is 21.9 Å². The Morgan fingerprint density at radius 3 is 2.75 bits per heavy atom. The van der Waals surface area contributed by atoms with Gasteiger partial charge in [-0.2, -0.15) is 0 Å². The summed E-state index contributed by atoms with van der Waals surface area (Å²) in [6, 6.07) is 9.38. The predicted molar refractivity (Wildman–Crippen MR) is 56.4 cm³/mol. The van der Waals surface area contributed by atoms with Crippen LogP contribution in [0.3, 0.4) is 0 Å². The third-order valence-corrected chi connectivity index (χ3v) is 2.17. The van der Waals surface area contributed by atoms with Crippen molar-refractivity contribution in [3.8, 4) is 0 Å². The zero-order chi connectivity index (χ0) is 11.5. The summed E-state index contributed by atoms with van der Waals surface area (Å²) in [5.74, 6) is -0.199. The molecule has 1 aromatic carbocycles. The van der Waals surface area contributed by atoms with E-state index in [0.717, 1.165) is 5.56 Å². The lowest BCUT2D eigenvalue weighted by atomic mass is 10.1. The maximum atomic E-state index is 12.9. The largest absolute Gasteiger partial charge is 0.456 e. The molecule has 3 nitrogen and oxygen atoms in total. The van der Waals surface area contributed by atoms with Gasteiger partial charge < -0.3 is 10.2 Å². The second-order valence-corrected chi connectivity index (χ2v) is 3.44. The summed E-state index contributed by atoms with van der Waals surface area (Å²) in [6.07, 6.45) is 0.436. The SMILES string of the molecule is NC(=O)c1ccc(Cc2cccc(F)c2)o1. The minimum absolute atomic E-state index is 0.117. The van der Waals surface area contributed by atoms with Crippen molar-refractivity contribution >= 4 is 5.91 Å². The first kappa shape index (κ1) is 10.4. The van der Waals surface area contributed by atoms with Crippen molar-refractivity contribution in [1.82, 2.24) is 0 Å². The van der Waals surface area contributed by atoms with E-state index in [1.54, 1.807) is 18.2 Å². The Hall–Kier alpha value is -2.10. The van der Waals surface area contributed by atoms with Gasteiger partial charge in [-0.1, -0.05) is 12.1 Å². The molecule has 16 heavy (non-hydrogen) atoms. The molecule has 2 rings (SSSR count). The van der Waals surface area contributed by atoms with E-state index in [-0.39, 0.29) is 11.6 Å². The standard InChI is InChI=1S/C12H10FNO2/c13-9-3-1-2-8(6-9)7-10-4-5-11(16-10)12(14)15/h1-6H,7H2,(H2,14,15). The number of primary amides is 1. The van der Waals surface area contributed by atoms with Crippen LogP contribution in [-0.2, 0) is 6.42 Å². The van der Waals surface area contributed by atoms with Crippen molar-refractivity contribution < 1.29 is 13.6 Å². The number of furan rings is 1. The van der Waals surface area contributed by atoms with Crippen LogP contribution in [-0.4, -0.2) is 5.91 Å². The molecule has 0 aliphatic carbocycles. The molecule has 1 amide bonds. The topological polar surface area (TPSA) is 56.2 Å². The first-order chi connectivity index (χ1) is 7.65. The third kappa shape index (κ3) is 2.28. The molecule has 0 spiro atoms. The Morgan fingerprint density at radius 2 is 2.12 bits per heavy atom. The highest BCUT2D eigenvalue weighted by Gasteiger charge is 2.07. The average molecular weight is 219 g/mol. The maximum Gasteiger partial charge on any atom is 0.284 e. The second kappa shape index (κ2) is 4.18. The van der Waals surface area contributed by atoms with Gasteiger partial charge >= 0.3 is 0 Å². The van der Waals surface area contributed by atoms with Crippen LogP contribution < -0.4 is 5.73 Å². The van der Waals surface area contributed by atoms with E-state index in [1.807, 2.05) is 0 Å². The summed E-state index contributed by atoms with van der Waals surface area (Å²) in [5.41, 5.74) is 5.83. The summed E-state index contributed by atoms with van der Waals surface area (Å²) in [4.78, 5) is 10.8. The van der Waals surface area contributed by atoms with Crippen molar-refractivity contribution in [2.45, 2.75) is 6.42 Å². The molecular formula is C12H10FNO2. The molecule has 4 heteroatoms. The van der Waals surface area contributed by atoms with Crippen LogP contribution in [0.4, 0.5) is 4.39 Å².